The van der Waals surface area contributed by atoms with Crippen LogP contribution in [-0.4, -0.2) is 38.7 Å². The summed E-state index contributed by atoms with van der Waals surface area (Å²) < 4.78 is 86.3. The molecule has 0 saturated heterocycles. The molecule has 0 spiro atoms. The molecule has 35 heavy (non-hydrogen) atoms. The fourth-order valence-electron chi connectivity index (χ4n) is 4.25. The maximum atomic E-state index is 14.5. The highest BCUT2D eigenvalue weighted by molar-refractivity contribution is 5.95. The molecule has 0 aliphatic carbocycles. The Hall–Kier alpha value is -3.82. The van der Waals surface area contributed by atoms with E-state index < -0.39 is 46.6 Å². The van der Waals surface area contributed by atoms with Gasteiger partial charge in [-0.05, 0) is 47.4 Å². The molecular weight excluding hydrogens is 473 g/mol. The Kier molecular flexibility index (Phi) is 6.56. The maximum Gasteiger partial charge on any atom is 0.260 e. The third kappa shape index (κ3) is 4.02. The van der Waals surface area contributed by atoms with Crippen molar-refractivity contribution in [2.24, 2.45) is 0 Å². The number of ether oxygens (including phenoxy) is 3. The number of hydrogen-bond acceptors (Lipinski definition) is 4. The minimum absolute atomic E-state index is 0.0580. The first-order chi connectivity index (χ1) is 16.7. The highest BCUT2D eigenvalue weighted by Gasteiger charge is 2.38. The van der Waals surface area contributed by atoms with Gasteiger partial charge in [-0.3, -0.25) is 4.79 Å². The normalized spacial score (nSPS) is 15.0. The lowest BCUT2D eigenvalue weighted by Gasteiger charge is -2.38. The summed E-state index contributed by atoms with van der Waals surface area (Å²) in [5, 5.41) is 0. The van der Waals surface area contributed by atoms with E-state index in [4.69, 9.17) is 14.2 Å². The number of amides is 1. The summed E-state index contributed by atoms with van der Waals surface area (Å²) in [5.41, 5.74) is 0.334. The Morgan fingerprint density at radius 2 is 1.34 bits per heavy atom. The molecule has 1 aliphatic heterocycles. The van der Waals surface area contributed by atoms with Gasteiger partial charge in [-0.1, -0.05) is 12.1 Å². The SMILES string of the molecule is COc1ccc([C@H]2c3cc(OC)c(OC)cc3CCN2C(=O)c2c(F)c(F)c(F)c(F)c2F)cc1. The van der Waals surface area contributed by atoms with Crippen molar-refractivity contribution < 1.29 is 41.0 Å². The summed E-state index contributed by atoms with van der Waals surface area (Å²) in [6.45, 7) is -0.0580. The zero-order valence-electron chi connectivity index (χ0n) is 18.9. The van der Waals surface area contributed by atoms with Gasteiger partial charge in [0.15, 0.2) is 34.8 Å². The molecule has 1 heterocycles. The second-order valence-corrected chi connectivity index (χ2v) is 7.78. The van der Waals surface area contributed by atoms with Gasteiger partial charge in [-0.2, -0.15) is 0 Å². The van der Waals surface area contributed by atoms with Crippen LogP contribution in [0.2, 0.25) is 0 Å². The van der Waals surface area contributed by atoms with E-state index in [1.165, 1.54) is 21.3 Å². The van der Waals surface area contributed by atoms with Gasteiger partial charge in [0.25, 0.3) is 5.91 Å². The van der Waals surface area contributed by atoms with Crippen molar-refractivity contribution >= 4 is 5.91 Å². The van der Waals surface area contributed by atoms with Crippen LogP contribution in [0.3, 0.4) is 0 Å². The number of hydrogen-bond donors (Lipinski definition) is 0. The Bertz CT molecular complexity index is 1270. The topological polar surface area (TPSA) is 48.0 Å². The first-order valence-electron chi connectivity index (χ1n) is 10.4. The fourth-order valence-corrected chi connectivity index (χ4v) is 4.25. The highest BCUT2D eigenvalue weighted by atomic mass is 19.2. The van der Waals surface area contributed by atoms with Crippen molar-refractivity contribution in [2.45, 2.75) is 12.5 Å². The van der Waals surface area contributed by atoms with Gasteiger partial charge >= 0.3 is 0 Å². The molecule has 1 atom stereocenters. The van der Waals surface area contributed by atoms with Gasteiger partial charge in [-0.25, -0.2) is 22.0 Å². The molecule has 0 unspecified atom stereocenters. The zero-order valence-corrected chi connectivity index (χ0v) is 18.9. The summed E-state index contributed by atoms with van der Waals surface area (Å²) in [7, 11) is 4.36. The third-order valence-electron chi connectivity index (χ3n) is 5.99. The number of halogens is 5. The van der Waals surface area contributed by atoms with E-state index in [-0.39, 0.29) is 13.0 Å². The van der Waals surface area contributed by atoms with Gasteiger partial charge in [-0.15, -0.1) is 0 Å². The number of carbonyl (C=O) groups excluding carboxylic acids is 1. The van der Waals surface area contributed by atoms with E-state index in [1.54, 1.807) is 36.4 Å². The second-order valence-electron chi connectivity index (χ2n) is 7.78. The largest absolute Gasteiger partial charge is 0.497 e. The first kappa shape index (κ1) is 24.3. The van der Waals surface area contributed by atoms with Gasteiger partial charge < -0.3 is 19.1 Å². The number of rotatable bonds is 5. The Morgan fingerprint density at radius 1 is 0.800 bits per heavy atom. The summed E-state index contributed by atoms with van der Waals surface area (Å²) in [5.74, 6) is -11.1. The molecule has 184 valence electrons. The van der Waals surface area contributed by atoms with Crippen molar-refractivity contribution in [3.8, 4) is 17.2 Å². The third-order valence-corrected chi connectivity index (χ3v) is 5.99. The molecule has 3 aromatic carbocycles. The summed E-state index contributed by atoms with van der Waals surface area (Å²) in [6.07, 6.45) is 0.240. The molecule has 0 bridgehead atoms. The number of benzene rings is 3. The Balaban J connectivity index is 1.91. The van der Waals surface area contributed by atoms with Crippen LogP contribution in [0.25, 0.3) is 0 Å². The number of carbonyl (C=O) groups is 1. The van der Waals surface area contributed by atoms with Crippen LogP contribution in [0, 0.1) is 29.1 Å². The molecule has 3 aromatic rings. The molecule has 4 rings (SSSR count). The van der Waals surface area contributed by atoms with Crippen LogP contribution in [-0.2, 0) is 6.42 Å². The monoisotopic (exact) mass is 493 g/mol. The molecule has 10 heteroatoms. The lowest BCUT2D eigenvalue weighted by molar-refractivity contribution is 0.0680. The summed E-state index contributed by atoms with van der Waals surface area (Å²) in [4.78, 5) is 14.4. The van der Waals surface area contributed by atoms with E-state index in [2.05, 4.69) is 0 Å². The smallest absolute Gasteiger partial charge is 0.260 e. The average molecular weight is 493 g/mol. The maximum absolute atomic E-state index is 14.5. The van der Waals surface area contributed by atoms with E-state index in [0.717, 1.165) is 10.5 Å². The molecule has 5 nitrogen and oxygen atoms in total. The van der Waals surface area contributed by atoms with E-state index in [0.29, 0.717) is 28.4 Å². The highest BCUT2D eigenvalue weighted by Crippen LogP contribution is 2.42. The molecule has 0 radical (unpaired) electrons. The fraction of sp³-hybridized carbons (Fsp3) is 0.240. The van der Waals surface area contributed by atoms with Crippen LogP contribution in [0.15, 0.2) is 36.4 Å². The molecule has 0 aromatic heterocycles. The predicted molar refractivity (Wildman–Crippen MR) is 115 cm³/mol. The quantitative estimate of drug-likeness (QED) is 0.279. The molecule has 0 fully saturated rings. The lowest BCUT2D eigenvalue weighted by atomic mass is 9.87. The van der Waals surface area contributed by atoms with Crippen LogP contribution in [0.5, 0.6) is 17.2 Å². The van der Waals surface area contributed by atoms with Crippen LogP contribution in [0.1, 0.15) is 33.1 Å². The molecular formula is C25H20F5NO4. The number of methoxy groups -OCH3 is 3. The van der Waals surface area contributed by atoms with E-state index in [1.807, 2.05) is 0 Å². The van der Waals surface area contributed by atoms with E-state index in [9.17, 15) is 26.7 Å². The summed E-state index contributed by atoms with van der Waals surface area (Å²) >= 11 is 0. The Labute approximate surface area is 197 Å². The second kappa shape index (κ2) is 9.44. The van der Waals surface area contributed by atoms with Gasteiger partial charge in [0.05, 0.1) is 27.4 Å². The number of nitrogens with zero attached hydrogens (tertiary/aromatic N) is 1. The molecule has 0 saturated carbocycles. The molecule has 1 aliphatic rings. The van der Waals surface area contributed by atoms with Gasteiger partial charge in [0.1, 0.15) is 11.3 Å². The average Bonchev–Trinajstić information content (AvgIpc) is 2.89. The molecule has 0 N–H and O–H groups in total. The van der Waals surface area contributed by atoms with Gasteiger partial charge in [0, 0.05) is 6.54 Å². The minimum atomic E-state index is -2.33. The van der Waals surface area contributed by atoms with Crippen molar-refractivity contribution in [3.63, 3.8) is 0 Å². The van der Waals surface area contributed by atoms with Crippen molar-refractivity contribution in [1.29, 1.82) is 0 Å². The van der Waals surface area contributed by atoms with E-state index >= 15 is 0 Å². The van der Waals surface area contributed by atoms with Gasteiger partial charge in [0.2, 0.25) is 5.82 Å². The van der Waals surface area contributed by atoms with Crippen LogP contribution < -0.4 is 14.2 Å². The van der Waals surface area contributed by atoms with Crippen molar-refractivity contribution in [2.75, 3.05) is 27.9 Å². The van der Waals surface area contributed by atoms with Crippen LogP contribution in [0.4, 0.5) is 22.0 Å². The van der Waals surface area contributed by atoms with Crippen molar-refractivity contribution in [3.05, 3.63) is 87.7 Å². The lowest BCUT2D eigenvalue weighted by Crippen LogP contribution is -2.41. The summed E-state index contributed by atoms with van der Waals surface area (Å²) in [6, 6.07) is 8.98. The predicted octanol–water partition coefficient (Wildman–Crippen LogP) is 5.20. The van der Waals surface area contributed by atoms with Crippen LogP contribution >= 0.6 is 0 Å². The minimum Gasteiger partial charge on any atom is -0.497 e. The first-order valence-corrected chi connectivity index (χ1v) is 10.4. The Morgan fingerprint density at radius 3 is 1.89 bits per heavy atom. The molecule has 1 amide bonds. The number of fused-ring (bicyclic) bond motifs is 1. The standard InChI is InChI=1S/C25H20F5NO4/c1-33-14-6-4-12(5-7-14)24-15-11-17(35-3)16(34-2)10-13(15)8-9-31(24)25(32)18-19(26)21(28)23(30)22(29)20(18)27/h4-7,10-11,24H,8-9H2,1-3H3/t24-/m0/s1. The van der Waals surface area contributed by atoms with Crippen molar-refractivity contribution in [1.82, 2.24) is 4.90 Å². The zero-order chi connectivity index (χ0) is 25.4.